The average molecular weight is 312 g/mol. The Kier molecular flexibility index (Phi) is 8.00. The maximum absolute atomic E-state index is 5.73. The third kappa shape index (κ3) is 6.25. The second kappa shape index (κ2) is 10.3. The number of unbranched alkanes of at least 4 members (excludes halogenated alkanes) is 4. The van der Waals surface area contributed by atoms with Crippen molar-refractivity contribution in [1.29, 1.82) is 0 Å². The van der Waals surface area contributed by atoms with Gasteiger partial charge in [0.2, 0.25) is 0 Å². The molecule has 1 heteroatoms. The van der Waals surface area contributed by atoms with Crippen molar-refractivity contribution < 1.29 is 4.74 Å². The maximum Gasteiger partial charge on any atom is 0.119 e. The first-order chi connectivity index (χ1) is 11.3. The second-order valence-electron chi connectivity index (χ2n) is 6.59. The fourth-order valence-corrected chi connectivity index (χ4v) is 3.00. The Bertz CT molecular complexity index is 495. The molecule has 0 heterocycles. The summed E-state index contributed by atoms with van der Waals surface area (Å²) in [5, 5.41) is 0. The second-order valence-corrected chi connectivity index (χ2v) is 6.59. The van der Waals surface area contributed by atoms with Crippen LogP contribution in [-0.2, 0) is 0 Å². The summed E-state index contributed by atoms with van der Waals surface area (Å²) in [4.78, 5) is 0. The van der Waals surface area contributed by atoms with Crippen LogP contribution in [0.1, 0.15) is 70.8 Å². The lowest BCUT2D eigenvalue weighted by Crippen LogP contribution is -2.00. The van der Waals surface area contributed by atoms with E-state index in [-0.39, 0.29) is 0 Å². The van der Waals surface area contributed by atoms with Crippen LogP contribution in [0.15, 0.2) is 42.5 Å². The summed E-state index contributed by atoms with van der Waals surface area (Å²) in [6, 6.07) is 8.55. The fraction of sp³-hybridized carbons (Fsp3) is 0.545. The predicted octanol–water partition coefficient (Wildman–Crippen LogP) is 6.80. The van der Waals surface area contributed by atoms with Crippen molar-refractivity contribution in [2.75, 3.05) is 6.61 Å². The molecule has 0 radical (unpaired) electrons. The third-order valence-electron chi connectivity index (χ3n) is 4.57. The van der Waals surface area contributed by atoms with Crippen LogP contribution in [0.4, 0.5) is 0 Å². The first kappa shape index (κ1) is 17.8. The molecule has 1 aliphatic carbocycles. The smallest absolute Gasteiger partial charge is 0.119 e. The summed E-state index contributed by atoms with van der Waals surface area (Å²) in [7, 11) is 0. The first-order valence-corrected chi connectivity index (χ1v) is 9.45. The van der Waals surface area contributed by atoms with Crippen molar-refractivity contribution in [3.63, 3.8) is 0 Å². The Labute approximate surface area is 142 Å². The van der Waals surface area contributed by atoms with Crippen molar-refractivity contribution in [3.05, 3.63) is 48.1 Å². The summed E-state index contributed by atoms with van der Waals surface area (Å²) < 4.78 is 5.73. The van der Waals surface area contributed by atoms with Gasteiger partial charge < -0.3 is 4.74 Å². The minimum Gasteiger partial charge on any atom is -0.494 e. The van der Waals surface area contributed by atoms with Gasteiger partial charge in [0.25, 0.3) is 0 Å². The Morgan fingerprint density at radius 1 is 0.957 bits per heavy atom. The van der Waals surface area contributed by atoms with E-state index in [4.69, 9.17) is 4.74 Å². The van der Waals surface area contributed by atoms with Gasteiger partial charge in [0.1, 0.15) is 5.75 Å². The van der Waals surface area contributed by atoms with Gasteiger partial charge in [0.05, 0.1) is 6.61 Å². The zero-order valence-electron chi connectivity index (χ0n) is 14.9. The summed E-state index contributed by atoms with van der Waals surface area (Å²) >= 11 is 0. The molecule has 0 N–H and O–H groups in total. The molecule has 0 aliphatic heterocycles. The molecular formula is C22H32O. The van der Waals surface area contributed by atoms with Crippen LogP contribution >= 0.6 is 0 Å². The molecule has 0 aromatic heterocycles. The summed E-state index contributed by atoms with van der Waals surface area (Å²) in [6.07, 6.45) is 17.4. The molecule has 1 aromatic carbocycles. The highest BCUT2D eigenvalue weighted by Crippen LogP contribution is 2.28. The van der Waals surface area contributed by atoms with E-state index in [0.717, 1.165) is 24.7 Å². The van der Waals surface area contributed by atoms with E-state index < -0.39 is 0 Å². The average Bonchev–Trinajstić information content (AvgIpc) is 2.60. The van der Waals surface area contributed by atoms with Gasteiger partial charge in [0.15, 0.2) is 0 Å². The van der Waals surface area contributed by atoms with Crippen molar-refractivity contribution in [1.82, 2.24) is 0 Å². The topological polar surface area (TPSA) is 9.23 Å². The van der Waals surface area contributed by atoms with Gasteiger partial charge in [0, 0.05) is 0 Å². The maximum atomic E-state index is 5.73. The molecule has 23 heavy (non-hydrogen) atoms. The number of rotatable bonds is 10. The highest BCUT2D eigenvalue weighted by Gasteiger charge is 2.09. The summed E-state index contributed by atoms with van der Waals surface area (Å²) in [5.41, 5.74) is 2.66. The van der Waals surface area contributed by atoms with Crippen LogP contribution < -0.4 is 4.74 Å². The van der Waals surface area contributed by atoms with E-state index in [1.807, 2.05) is 0 Å². The Balaban J connectivity index is 1.79. The molecule has 126 valence electrons. The lowest BCUT2D eigenvalue weighted by Gasteiger charge is -2.16. The number of hydrogen-bond acceptors (Lipinski definition) is 1. The molecule has 1 nitrogen and oxygen atoms in total. The van der Waals surface area contributed by atoms with Crippen molar-refractivity contribution in [2.45, 2.75) is 65.2 Å². The molecule has 2 rings (SSSR count). The molecule has 1 aromatic rings. The lowest BCUT2D eigenvalue weighted by molar-refractivity contribution is 0.309. The zero-order valence-corrected chi connectivity index (χ0v) is 14.9. The first-order valence-electron chi connectivity index (χ1n) is 9.45. The third-order valence-corrected chi connectivity index (χ3v) is 4.57. The Morgan fingerprint density at radius 2 is 1.74 bits per heavy atom. The molecule has 0 bridgehead atoms. The van der Waals surface area contributed by atoms with Gasteiger partial charge >= 0.3 is 0 Å². The number of allylic oxidation sites excluding steroid dienone is 4. The summed E-state index contributed by atoms with van der Waals surface area (Å²) in [6.45, 7) is 5.28. The minimum absolute atomic E-state index is 0.743. The zero-order chi connectivity index (χ0) is 16.3. The summed E-state index contributed by atoms with van der Waals surface area (Å²) in [5.74, 6) is 1.73. The van der Waals surface area contributed by atoms with E-state index >= 15 is 0 Å². The molecule has 1 aliphatic rings. The highest BCUT2D eigenvalue weighted by atomic mass is 16.5. The minimum atomic E-state index is 0.743. The highest BCUT2D eigenvalue weighted by molar-refractivity contribution is 5.75. The van der Waals surface area contributed by atoms with E-state index in [2.05, 4.69) is 56.3 Å². The van der Waals surface area contributed by atoms with Crippen molar-refractivity contribution >= 4 is 5.57 Å². The van der Waals surface area contributed by atoms with Crippen LogP contribution in [-0.4, -0.2) is 6.61 Å². The van der Waals surface area contributed by atoms with E-state index in [0.29, 0.717) is 0 Å². The van der Waals surface area contributed by atoms with Gasteiger partial charge in [-0.3, -0.25) is 0 Å². The van der Waals surface area contributed by atoms with Crippen LogP contribution in [0.25, 0.3) is 5.57 Å². The van der Waals surface area contributed by atoms with Crippen molar-refractivity contribution in [2.24, 2.45) is 5.92 Å². The SMILES string of the molecule is CCCCCCC1C=CC(c2ccc(OCCCC)cc2)=CC1. The van der Waals surface area contributed by atoms with Gasteiger partial charge in [-0.1, -0.05) is 76.3 Å². The van der Waals surface area contributed by atoms with E-state index in [1.54, 1.807) is 0 Å². The van der Waals surface area contributed by atoms with Gasteiger partial charge in [-0.15, -0.1) is 0 Å². The van der Waals surface area contributed by atoms with Gasteiger partial charge in [-0.05, 0) is 48.4 Å². The number of ether oxygens (including phenoxy) is 1. The fourth-order valence-electron chi connectivity index (χ4n) is 3.00. The predicted molar refractivity (Wildman–Crippen MR) is 101 cm³/mol. The Morgan fingerprint density at radius 3 is 2.39 bits per heavy atom. The molecular weight excluding hydrogens is 280 g/mol. The normalized spacial score (nSPS) is 17.1. The lowest BCUT2D eigenvalue weighted by atomic mass is 9.89. The molecule has 1 unspecified atom stereocenters. The molecule has 0 spiro atoms. The molecule has 0 saturated heterocycles. The molecule has 1 atom stereocenters. The van der Waals surface area contributed by atoms with Crippen molar-refractivity contribution in [3.8, 4) is 5.75 Å². The number of benzene rings is 1. The number of hydrogen-bond donors (Lipinski definition) is 0. The standard InChI is InChI=1S/C22H32O/c1-3-5-7-8-9-19-10-12-20(13-11-19)21-14-16-22(17-15-21)23-18-6-4-2/h10,12-17,19H,3-9,11,18H2,1-2H3. The van der Waals surface area contributed by atoms with Crippen LogP contribution in [0.5, 0.6) is 5.75 Å². The largest absolute Gasteiger partial charge is 0.494 e. The van der Waals surface area contributed by atoms with Crippen LogP contribution in [0.2, 0.25) is 0 Å². The quantitative estimate of drug-likeness (QED) is 0.432. The molecule has 0 saturated carbocycles. The monoisotopic (exact) mass is 312 g/mol. The molecule has 0 fully saturated rings. The van der Waals surface area contributed by atoms with Gasteiger partial charge in [-0.2, -0.15) is 0 Å². The van der Waals surface area contributed by atoms with Crippen LogP contribution in [0.3, 0.4) is 0 Å². The van der Waals surface area contributed by atoms with E-state index in [9.17, 15) is 0 Å². The van der Waals surface area contributed by atoms with E-state index in [1.165, 1.54) is 56.1 Å². The van der Waals surface area contributed by atoms with Gasteiger partial charge in [-0.25, -0.2) is 0 Å². The van der Waals surface area contributed by atoms with Crippen LogP contribution in [0, 0.1) is 5.92 Å². The Hall–Kier alpha value is -1.50. The molecule has 0 amide bonds.